The van der Waals surface area contributed by atoms with Crippen molar-refractivity contribution in [3.63, 3.8) is 0 Å². The third kappa shape index (κ3) is 1.95. The van der Waals surface area contributed by atoms with Crippen LogP contribution in [0.5, 0.6) is 0 Å². The first-order chi connectivity index (χ1) is 8.09. The minimum absolute atomic E-state index is 0.136. The zero-order chi connectivity index (χ0) is 13.8. The van der Waals surface area contributed by atoms with E-state index in [1.807, 2.05) is 0 Å². The lowest BCUT2D eigenvalue weighted by molar-refractivity contribution is -0.131. The Balaban J connectivity index is 2.41. The van der Waals surface area contributed by atoms with Crippen LogP contribution in [0.25, 0.3) is 0 Å². The second kappa shape index (κ2) is 3.93. The van der Waals surface area contributed by atoms with Gasteiger partial charge < -0.3 is 5.11 Å². The Bertz CT molecular complexity index is 413. The number of allylic oxidation sites excluding steroid dienone is 1. The summed E-state index contributed by atoms with van der Waals surface area (Å²) < 4.78 is 0. The van der Waals surface area contributed by atoms with Crippen LogP contribution in [-0.2, 0) is 4.79 Å². The van der Waals surface area contributed by atoms with E-state index in [1.54, 1.807) is 13.8 Å². The summed E-state index contributed by atoms with van der Waals surface area (Å²) in [5.41, 5.74) is 1.23. The summed E-state index contributed by atoms with van der Waals surface area (Å²) in [5.74, 6) is 0.299. The number of Topliss-reactive ketones (excluding diaryl/α,β-unsaturated/α-hetero) is 1. The van der Waals surface area contributed by atoms with Crippen molar-refractivity contribution < 1.29 is 9.90 Å². The SMILES string of the molecule is CC1=C(CC(C)(C)O)C(=O)[C@@]2(C)CCC[C@]2(C)C1. The molecule has 0 saturated heterocycles. The largest absolute Gasteiger partial charge is 0.390 e. The van der Waals surface area contributed by atoms with Crippen LogP contribution < -0.4 is 0 Å². The fourth-order valence-corrected chi connectivity index (χ4v) is 3.96. The fourth-order valence-electron chi connectivity index (χ4n) is 3.96. The van der Waals surface area contributed by atoms with Crippen LogP contribution in [0, 0.1) is 10.8 Å². The molecule has 0 aromatic carbocycles. The zero-order valence-corrected chi connectivity index (χ0v) is 12.4. The van der Waals surface area contributed by atoms with Gasteiger partial charge in [0.25, 0.3) is 0 Å². The lowest BCUT2D eigenvalue weighted by Crippen LogP contribution is -2.45. The van der Waals surface area contributed by atoms with Crippen molar-refractivity contribution in [3.05, 3.63) is 11.1 Å². The van der Waals surface area contributed by atoms with E-state index in [2.05, 4.69) is 20.8 Å². The molecular formula is C16H26O2. The first-order valence-electron chi connectivity index (χ1n) is 7.05. The van der Waals surface area contributed by atoms with E-state index in [4.69, 9.17) is 0 Å². The summed E-state index contributed by atoms with van der Waals surface area (Å²) in [5, 5.41) is 10.0. The van der Waals surface area contributed by atoms with Gasteiger partial charge in [-0.3, -0.25) is 4.79 Å². The smallest absolute Gasteiger partial charge is 0.165 e. The highest BCUT2D eigenvalue weighted by Gasteiger charge is 2.56. The van der Waals surface area contributed by atoms with Gasteiger partial charge in [-0.15, -0.1) is 0 Å². The van der Waals surface area contributed by atoms with Gasteiger partial charge in [-0.05, 0) is 51.0 Å². The number of carbonyl (C=O) groups excluding carboxylic acids is 1. The molecule has 0 amide bonds. The third-order valence-electron chi connectivity index (χ3n) is 5.29. The van der Waals surface area contributed by atoms with Crippen LogP contribution in [0.2, 0.25) is 0 Å². The van der Waals surface area contributed by atoms with Gasteiger partial charge in [-0.25, -0.2) is 0 Å². The summed E-state index contributed by atoms with van der Waals surface area (Å²) >= 11 is 0. The van der Waals surface area contributed by atoms with E-state index in [0.29, 0.717) is 12.2 Å². The van der Waals surface area contributed by atoms with Crippen LogP contribution >= 0.6 is 0 Å². The molecule has 2 rings (SSSR count). The molecule has 2 nitrogen and oxygen atoms in total. The molecule has 1 N–H and O–H groups in total. The van der Waals surface area contributed by atoms with E-state index in [1.165, 1.54) is 5.57 Å². The minimum atomic E-state index is -0.797. The van der Waals surface area contributed by atoms with Gasteiger partial charge in [0, 0.05) is 11.8 Å². The summed E-state index contributed by atoms with van der Waals surface area (Å²) in [6.07, 6.45) is 4.82. The summed E-state index contributed by atoms with van der Waals surface area (Å²) in [7, 11) is 0. The summed E-state index contributed by atoms with van der Waals surface area (Å²) in [4.78, 5) is 12.9. The Morgan fingerprint density at radius 1 is 1.28 bits per heavy atom. The topological polar surface area (TPSA) is 37.3 Å². The van der Waals surface area contributed by atoms with Crippen molar-refractivity contribution >= 4 is 5.78 Å². The first-order valence-corrected chi connectivity index (χ1v) is 7.05. The number of fused-ring (bicyclic) bond motifs is 1. The van der Waals surface area contributed by atoms with Crippen molar-refractivity contribution in [2.45, 2.75) is 72.3 Å². The number of aliphatic hydroxyl groups is 1. The average molecular weight is 250 g/mol. The molecule has 2 atom stereocenters. The Morgan fingerprint density at radius 3 is 2.44 bits per heavy atom. The predicted octanol–water partition coefficient (Wildman–Crippen LogP) is 3.63. The number of carbonyl (C=O) groups is 1. The van der Waals surface area contributed by atoms with Gasteiger partial charge in [0.1, 0.15) is 0 Å². The molecule has 0 heterocycles. The fraction of sp³-hybridized carbons (Fsp3) is 0.812. The predicted molar refractivity (Wildman–Crippen MR) is 73.3 cm³/mol. The summed E-state index contributed by atoms with van der Waals surface area (Å²) in [6, 6.07) is 0. The van der Waals surface area contributed by atoms with Crippen LogP contribution in [0.15, 0.2) is 11.1 Å². The quantitative estimate of drug-likeness (QED) is 0.812. The molecule has 0 aliphatic heterocycles. The lowest BCUT2D eigenvalue weighted by Gasteiger charge is -2.45. The molecule has 2 heteroatoms. The Morgan fingerprint density at radius 2 is 1.89 bits per heavy atom. The highest BCUT2D eigenvalue weighted by molar-refractivity contribution is 6.02. The van der Waals surface area contributed by atoms with Gasteiger partial charge in [0.05, 0.1) is 5.60 Å². The van der Waals surface area contributed by atoms with Gasteiger partial charge in [-0.2, -0.15) is 0 Å². The molecule has 0 spiro atoms. The van der Waals surface area contributed by atoms with E-state index in [9.17, 15) is 9.90 Å². The maximum absolute atomic E-state index is 12.9. The van der Waals surface area contributed by atoms with E-state index < -0.39 is 5.60 Å². The molecule has 0 radical (unpaired) electrons. The highest BCUT2D eigenvalue weighted by Crippen LogP contribution is 2.60. The van der Waals surface area contributed by atoms with Crippen LogP contribution in [0.3, 0.4) is 0 Å². The molecule has 2 aliphatic rings. The van der Waals surface area contributed by atoms with Crippen molar-refractivity contribution in [3.8, 4) is 0 Å². The number of hydrogen-bond donors (Lipinski definition) is 1. The average Bonchev–Trinajstić information content (AvgIpc) is 2.49. The van der Waals surface area contributed by atoms with Gasteiger partial charge >= 0.3 is 0 Å². The van der Waals surface area contributed by atoms with Gasteiger partial charge in [-0.1, -0.05) is 25.8 Å². The Hall–Kier alpha value is -0.630. The molecule has 2 aliphatic carbocycles. The molecule has 102 valence electrons. The Labute approximate surface area is 110 Å². The Kier molecular flexibility index (Phi) is 3.01. The maximum atomic E-state index is 12.9. The number of ketones is 1. The standard InChI is InChI=1S/C16H26O2/c1-11-9-15(4)7-6-8-16(15,5)13(17)12(11)10-14(2,3)18/h18H,6-10H2,1-5H3/t15-,16-/m1/s1. The van der Waals surface area contributed by atoms with E-state index >= 15 is 0 Å². The molecular weight excluding hydrogens is 224 g/mol. The molecule has 0 bridgehead atoms. The lowest BCUT2D eigenvalue weighted by atomic mass is 9.57. The first kappa shape index (κ1) is 13.8. The van der Waals surface area contributed by atoms with Crippen LogP contribution in [0.4, 0.5) is 0 Å². The van der Waals surface area contributed by atoms with Crippen molar-refractivity contribution in [2.24, 2.45) is 10.8 Å². The number of hydrogen-bond acceptors (Lipinski definition) is 2. The monoisotopic (exact) mass is 250 g/mol. The maximum Gasteiger partial charge on any atom is 0.165 e. The van der Waals surface area contributed by atoms with Gasteiger partial charge in [0.2, 0.25) is 0 Å². The molecule has 18 heavy (non-hydrogen) atoms. The van der Waals surface area contributed by atoms with Crippen LogP contribution in [0.1, 0.15) is 66.7 Å². The highest BCUT2D eigenvalue weighted by atomic mass is 16.3. The minimum Gasteiger partial charge on any atom is -0.390 e. The third-order valence-corrected chi connectivity index (χ3v) is 5.29. The number of rotatable bonds is 2. The van der Waals surface area contributed by atoms with Crippen LogP contribution in [-0.4, -0.2) is 16.5 Å². The molecule has 0 aromatic heterocycles. The van der Waals surface area contributed by atoms with E-state index in [0.717, 1.165) is 31.3 Å². The molecule has 1 saturated carbocycles. The molecule has 1 fully saturated rings. The van der Waals surface area contributed by atoms with Crippen molar-refractivity contribution in [2.75, 3.05) is 0 Å². The van der Waals surface area contributed by atoms with E-state index in [-0.39, 0.29) is 10.8 Å². The normalized spacial score (nSPS) is 37.1. The van der Waals surface area contributed by atoms with Gasteiger partial charge in [0.15, 0.2) is 5.78 Å². The van der Waals surface area contributed by atoms with Crippen molar-refractivity contribution in [1.29, 1.82) is 0 Å². The molecule has 0 unspecified atom stereocenters. The summed E-state index contributed by atoms with van der Waals surface area (Å²) in [6.45, 7) is 10.0. The van der Waals surface area contributed by atoms with Crippen molar-refractivity contribution in [1.82, 2.24) is 0 Å². The second-order valence-corrected chi connectivity index (χ2v) is 7.50. The zero-order valence-electron chi connectivity index (χ0n) is 12.4. The second-order valence-electron chi connectivity index (χ2n) is 7.50. The molecule has 0 aromatic rings.